The van der Waals surface area contributed by atoms with E-state index in [1.807, 2.05) is 6.92 Å². The second kappa shape index (κ2) is 5.92. The molecule has 3 N–H and O–H groups in total. The van der Waals surface area contributed by atoms with Crippen LogP contribution in [0, 0.1) is 0 Å². The number of ether oxygens (including phenoxy) is 1. The highest BCUT2D eigenvalue weighted by Crippen LogP contribution is 2.15. The number of hydrogen-bond acceptors (Lipinski definition) is 6. The molecule has 0 spiro atoms. The van der Waals surface area contributed by atoms with Gasteiger partial charge < -0.3 is 15.6 Å². The number of carbonyl (C=O) groups excluding carboxylic acids is 1. The molecule has 0 aliphatic rings. The Labute approximate surface area is 106 Å². The van der Waals surface area contributed by atoms with Crippen molar-refractivity contribution in [3.8, 4) is 0 Å². The maximum absolute atomic E-state index is 11.5. The summed E-state index contributed by atoms with van der Waals surface area (Å²) in [5, 5.41) is 17.7. The van der Waals surface area contributed by atoms with E-state index in [-0.39, 0.29) is 12.2 Å². The summed E-state index contributed by atoms with van der Waals surface area (Å²) in [6.45, 7) is 4.22. The Balaban J connectivity index is 3.05. The van der Waals surface area contributed by atoms with Crippen molar-refractivity contribution in [1.82, 2.24) is 15.0 Å². The molecule has 0 amide bonds. The van der Waals surface area contributed by atoms with Crippen molar-refractivity contribution >= 4 is 5.97 Å². The number of carbonyl (C=O) groups is 1. The van der Waals surface area contributed by atoms with Crippen molar-refractivity contribution in [3.05, 3.63) is 11.4 Å². The van der Waals surface area contributed by atoms with E-state index in [9.17, 15) is 9.90 Å². The summed E-state index contributed by atoms with van der Waals surface area (Å²) in [6, 6.07) is 0. The number of aromatic nitrogens is 3. The number of nitrogens with two attached hydrogens (primary N) is 1. The Hall–Kier alpha value is -1.47. The van der Waals surface area contributed by atoms with Crippen molar-refractivity contribution in [3.63, 3.8) is 0 Å². The van der Waals surface area contributed by atoms with Crippen molar-refractivity contribution in [1.29, 1.82) is 0 Å². The average molecular weight is 256 g/mol. The van der Waals surface area contributed by atoms with E-state index in [2.05, 4.69) is 15.0 Å². The molecule has 18 heavy (non-hydrogen) atoms. The summed E-state index contributed by atoms with van der Waals surface area (Å²) >= 11 is 0. The summed E-state index contributed by atoms with van der Waals surface area (Å²) in [7, 11) is 1.29. The number of esters is 1. The smallest absolute Gasteiger partial charge is 0.360 e. The van der Waals surface area contributed by atoms with Gasteiger partial charge in [0.15, 0.2) is 5.69 Å². The molecule has 7 heteroatoms. The van der Waals surface area contributed by atoms with E-state index in [0.29, 0.717) is 25.1 Å². The summed E-state index contributed by atoms with van der Waals surface area (Å²) in [5.74, 6) is -0.541. The number of aliphatic hydroxyl groups is 1. The van der Waals surface area contributed by atoms with Gasteiger partial charge in [0.05, 0.1) is 24.9 Å². The van der Waals surface area contributed by atoms with E-state index in [1.54, 1.807) is 6.92 Å². The van der Waals surface area contributed by atoms with E-state index in [0.717, 1.165) is 0 Å². The highest BCUT2D eigenvalue weighted by atomic mass is 16.5. The zero-order valence-electron chi connectivity index (χ0n) is 11.0. The van der Waals surface area contributed by atoms with Gasteiger partial charge in [-0.25, -0.2) is 9.48 Å². The third kappa shape index (κ3) is 3.27. The molecule has 0 saturated heterocycles. The SMILES string of the molecule is CCC(C)(O)Cn1nnc(C(=O)OC)c1CCN. The first-order valence-electron chi connectivity index (χ1n) is 5.88. The lowest BCUT2D eigenvalue weighted by molar-refractivity contribution is 0.0330. The summed E-state index contributed by atoms with van der Waals surface area (Å²) in [4.78, 5) is 11.5. The second-order valence-corrected chi connectivity index (χ2v) is 4.42. The monoisotopic (exact) mass is 256 g/mol. The molecule has 1 unspecified atom stereocenters. The van der Waals surface area contributed by atoms with Gasteiger partial charge in [0, 0.05) is 6.42 Å². The summed E-state index contributed by atoms with van der Waals surface area (Å²) < 4.78 is 6.15. The zero-order chi connectivity index (χ0) is 13.8. The molecule has 1 aromatic heterocycles. The molecule has 0 fully saturated rings. The van der Waals surface area contributed by atoms with Crippen molar-refractivity contribution in [2.24, 2.45) is 5.73 Å². The fourth-order valence-electron chi connectivity index (χ4n) is 1.53. The van der Waals surface area contributed by atoms with Gasteiger partial charge in [-0.1, -0.05) is 12.1 Å². The maximum Gasteiger partial charge on any atom is 0.360 e. The Morgan fingerprint density at radius 1 is 1.61 bits per heavy atom. The highest BCUT2D eigenvalue weighted by molar-refractivity contribution is 5.88. The van der Waals surface area contributed by atoms with Gasteiger partial charge in [-0.15, -0.1) is 5.10 Å². The quantitative estimate of drug-likeness (QED) is 0.679. The standard InChI is InChI=1S/C11H20N4O3/c1-4-11(2,17)7-15-8(5-6-12)9(13-14-15)10(16)18-3/h17H,4-7,12H2,1-3H3. The number of nitrogens with zero attached hydrogens (tertiary/aromatic N) is 3. The molecule has 0 aromatic carbocycles. The van der Waals surface area contributed by atoms with Gasteiger partial charge in [-0.05, 0) is 19.9 Å². The molecule has 0 aliphatic heterocycles. The molecule has 0 radical (unpaired) electrons. The number of hydrogen-bond donors (Lipinski definition) is 2. The Kier molecular flexibility index (Phi) is 4.80. The summed E-state index contributed by atoms with van der Waals surface area (Å²) in [5.41, 5.74) is 5.37. The molecule has 102 valence electrons. The van der Waals surface area contributed by atoms with Gasteiger partial charge in [-0.2, -0.15) is 0 Å². The fourth-order valence-corrected chi connectivity index (χ4v) is 1.53. The molecule has 0 aliphatic carbocycles. The lowest BCUT2D eigenvalue weighted by Crippen LogP contribution is -2.31. The van der Waals surface area contributed by atoms with Crippen LogP contribution < -0.4 is 5.73 Å². The third-order valence-electron chi connectivity index (χ3n) is 2.85. The van der Waals surface area contributed by atoms with Crippen LogP contribution in [-0.4, -0.2) is 45.3 Å². The van der Waals surface area contributed by atoms with E-state index in [1.165, 1.54) is 11.8 Å². The van der Waals surface area contributed by atoms with Gasteiger partial charge >= 0.3 is 5.97 Å². The molecular formula is C11H20N4O3. The number of rotatable bonds is 6. The highest BCUT2D eigenvalue weighted by Gasteiger charge is 2.25. The van der Waals surface area contributed by atoms with Gasteiger partial charge in [0.25, 0.3) is 0 Å². The largest absolute Gasteiger partial charge is 0.464 e. The molecule has 1 heterocycles. The molecule has 0 bridgehead atoms. The first-order valence-corrected chi connectivity index (χ1v) is 5.88. The zero-order valence-corrected chi connectivity index (χ0v) is 11.0. The predicted octanol–water partition coefficient (Wildman–Crippen LogP) is -0.273. The molecule has 0 saturated carbocycles. The Morgan fingerprint density at radius 3 is 2.78 bits per heavy atom. The maximum atomic E-state index is 11.5. The Morgan fingerprint density at radius 2 is 2.28 bits per heavy atom. The van der Waals surface area contributed by atoms with Crippen LogP contribution in [0.2, 0.25) is 0 Å². The minimum atomic E-state index is -0.898. The van der Waals surface area contributed by atoms with Gasteiger partial charge in [0.2, 0.25) is 0 Å². The predicted molar refractivity (Wildman–Crippen MR) is 65.0 cm³/mol. The van der Waals surface area contributed by atoms with Crippen LogP contribution in [0.4, 0.5) is 0 Å². The molecule has 1 atom stereocenters. The van der Waals surface area contributed by atoms with E-state index < -0.39 is 11.6 Å². The van der Waals surface area contributed by atoms with Crippen molar-refractivity contribution in [2.45, 2.75) is 38.8 Å². The molecule has 7 nitrogen and oxygen atoms in total. The van der Waals surface area contributed by atoms with Gasteiger partial charge in [0.1, 0.15) is 0 Å². The topological polar surface area (TPSA) is 103 Å². The lowest BCUT2D eigenvalue weighted by Gasteiger charge is -2.21. The third-order valence-corrected chi connectivity index (χ3v) is 2.85. The first-order chi connectivity index (χ1) is 8.45. The van der Waals surface area contributed by atoms with Crippen molar-refractivity contribution < 1.29 is 14.6 Å². The van der Waals surface area contributed by atoms with E-state index in [4.69, 9.17) is 5.73 Å². The lowest BCUT2D eigenvalue weighted by atomic mass is 10.0. The fraction of sp³-hybridized carbons (Fsp3) is 0.727. The summed E-state index contributed by atoms with van der Waals surface area (Å²) in [6.07, 6.45) is 1.03. The minimum absolute atomic E-state index is 0.162. The van der Waals surface area contributed by atoms with Gasteiger partial charge in [-0.3, -0.25) is 0 Å². The van der Waals surface area contributed by atoms with Crippen molar-refractivity contribution in [2.75, 3.05) is 13.7 Å². The average Bonchev–Trinajstić information content (AvgIpc) is 2.71. The second-order valence-electron chi connectivity index (χ2n) is 4.42. The molecular weight excluding hydrogens is 236 g/mol. The minimum Gasteiger partial charge on any atom is -0.464 e. The van der Waals surface area contributed by atoms with Crippen LogP contribution in [-0.2, 0) is 17.7 Å². The number of methoxy groups -OCH3 is 1. The normalized spacial score (nSPS) is 14.3. The molecule has 1 aromatic rings. The van der Waals surface area contributed by atoms with Crippen LogP contribution in [0.1, 0.15) is 36.5 Å². The van der Waals surface area contributed by atoms with E-state index >= 15 is 0 Å². The van der Waals surface area contributed by atoms with Crippen LogP contribution in [0.15, 0.2) is 0 Å². The van der Waals surface area contributed by atoms with Crippen LogP contribution in [0.25, 0.3) is 0 Å². The Bertz CT molecular complexity index is 414. The molecule has 1 rings (SSSR count). The van der Waals surface area contributed by atoms with Crippen LogP contribution in [0.3, 0.4) is 0 Å². The van der Waals surface area contributed by atoms with Crippen LogP contribution >= 0.6 is 0 Å². The van der Waals surface area contributed by atoms with Crippen LogP contribution in [0.5, 0.6) is 0 Å². The first kappa shape index (κ1) is 14.6.